The molecule has 1 aliphatic heterocycles. The molecule has 2 heterocycles. The largest absolute Gasteiger partial charge is 0.454 e. The number of nitrogens with one attached hydrogen (secondary N) is 1. The second-order valence-electron chi connectivity index (χ2n) is 5.84. The van der Waals surface area contributed by atoms with Crippen LogP contribution >= 0.6 is 0 Å². The fourth-order valence-electron chi connectivity index (χ4n) is 3.13. The standard InChI is InChI=1S/C16H19N3O2/c17-11-1-3-12(4-2-11)19-16-13-8-15-14(20-9-21-15)7-10(13)5-6-18-16/h5-8,11-12H,1-4,9,17H2,(H,18,19). The zero-order valence-corrected chi connectivity index (χ0v) is 11.8. The average molecular weight is 285 g/mol. The summed E-state index contributed by atoms with van der Waals surface area (Å²) in [6.45, 7) is 0.294. The molecular formula is C16H19N3O2. The van der Waals surface area contributed by atoms with E-state index in [4.69, 9.17) is 15.2 Å². The Hall–Kier alpha value is -2.01. The first-order chi connectivity index (χ1) is 10.3. The van der Waals surface area contributed by atoms with Crippen molar-refractivity contribution in [2.24, 2.45) is 5.73 Å². The summed E-state index contributed by atoms with van der Waals surface area (Å²) in [6, 6.07) is 6.84. The van der Waals surface area contributed by atoms with Gasteiger partial charge in [0.1, 0.15) is 5.82 Å². The van der Waals surface area contributed by atoms with Gasteiger partial charge in [-0.2, -0.15) is 0 Å². The van der Waals surface area contributed by atoms with Crippen molar-refractivity contribution in [1.29, 1.82) is 0 Å². The van der Waals surface area contributed by atoms with E-state index in [-0.39, 0.29) is 0 Å². The summed E-state index contributed by atoms with van der Waals surface area (Å²) >= 11 is 0. The zero-order valence-electron chi connectivity index (χ0n) is 11.8. The maximum atomic E-state index is 5.97. The third-order valence-electron chi connectivity index (χ3n) is 4.37. The van der Waals surface area contributed by atoms with E-state index in [2.05, 4.69) is 10.3 Å². The number of rotatable bonds is 2. The Balaban J connectivity index is 1.65. The molecule has 1 saturated carbocycles. The molecule has 3 N–H and O–H groups in total. The Labute approximate surface area is 123 Å². The van der Waals surface area contributed by atoms with Gasteiger partial charge in [-0.15, -0.1) is 0 Å². The molecule has 1 fully saturated rings. The van der Waals surface area contributed by atoms with Gasteiger partial charge in [-0.05, 0) is 49.3 Å². The lowest BCUT2D eigenvalue weighted by molar-refractivity contribution is 0.174. The predicted molar refractivity (Wildman–Crippen MR) is 81.7 cm³/mol. The molecule has 2 aliphatic rings. The van der Waals surface area contributed by atoms with Gasteiger partial charge in [0.05, 0.1) is 0 Å². The minimum absolute atomic E-state index is 0.294. The Bertz CT molecular complexity index is 666. The van der Waals surface area contributed by atoms with Crippen LogP contribution in [-0.4, -0.2) is 23.9 Å². The molecule has 4 rings (SSSR count). The summed E-state index contributed by atoms with van der Waals surface area (Å²) in [6.07, 6.45) is 6.19. The van der Waals surface area contributed by atoms with E-state index in [0.29, 0.717) is 18.9 Å². The number of hydrogen-bond donors (Lipinski definition) is 2. The van der Waals surface area contributed by atoms with Crippen molar-refractivity contribution < 1.29 is 9.47 Å². The number of benzene rings is 1. The van der Waals surface area contributed by atoms with Crippen molar-refractivity contribution in [2.75, 3.05) is 12.1 Å². The lowest BCUT2D eigenvalue weighted by Crippen LogP contribution is -2.33. The predicted octanol–water partition coefficient (Wildman–Crippen LogP) is 2.65. The summed E-state index contributed by atoms with van der Waals surface area (Å²) in [5, 5.41) is 5.77. The first kappa shape index (κ1) is 12.7. The van der Waals surface area contributed by atoms with Gasteiger partial charge in [0.2, 0.25) is 6.79 Å². The van der Waals surface area contributed by atoms with Gasteiger partial charge < -0.3 is 20.5 Å². The van der Waals surface area contributed by atoms with Gasteiger partial charge in [0.15, 0.2) is 11.5 Å². The minimum atomic E-state index is 0.294. The van der Waals surface area contributed by atoms with Gasteiger partial charge >= 0.3 is 0 Å². The molecule has 5 heteroatoms. The van der Waals surface area contributed by atoms with Crippen LogP contribution in [-0.2, 0) is 0 Å². The second kappa shape index (κ2) is 5.07. The molecule has 2 aromatic rings. The molecule has 5 nitrogen and oxygen atoms in total. The first-order valence-electron chi connectivity index (χ1n) is 7.50. The van der Waals surface area contributed by atoms with Gasteiger partial charge in [-0.3, -0.25) is 0 Å². The summed E-state index contributed by atoms with van der Waals surface area (Å²) in [5.41, 5.74) is 5.97. The smallest absolute Gasteiger partial charge is 0.231 e. The highest BCUT2D eigenvalue weighted by atomic mass is 16.7. The molecule has 0 radical (unpaired) electrons. The van der Waals surface area contributed by atoms with Crippen LogP contribution in [0.1, 0.15) is 25.7 Å². The number of aromatic nitrogens is 1. The van der Waals surface area contributed by atoms with Gasteiger partial charge in [0.25, 0.3) is 0 Å². The number of hydrogen-bond acceptors (Lipinski definition) is 5. The molecule has 21 heavy (non-hydrogen) atoms. The number of fused-ring (bicyclic) bond motifs is 2. The lowest BCUT2D eigenvalue weighted by Gasteiger charge is -2.27. The first-order valence-corrected chi connectivity index (χ1v) is 7.50. The summed E-state index contributed by atoms with van der Waals surface area (Å²) in [7, 11) is 0. The van der Waals surface area contributed by atoms with E-state index < -0.39 is 0 Å². The van der Waals surface area contributed by atoms with Crippen LogP contribution in [0.5, 0.6) is 11.5 Å². The third-order valence-corrected chi connectivity index (χ3v) is 4.37. The van der Waals surface area contributed by atoms with E-state index in [1.165, 1.54) is 0 Å². The van der Waals surface area contributed by atoms with E-state index >= 15 is 0 Å². The van der Waals surface area contributed by atoms with Crippen LogP contribution in [0.2, 0.25) is 0 Å². The van der Waals surface area contributed by atoms with Crippen molar-refractivity contribution >= 4 is 16.6 Å². The fraction of sp³-hybridized carbons (Fsp3) is 0.438. The second-order valence-corrected chi connectivity index (χ2v) is 5.84. The fourth-order valence-corrected chi connectivity index (χ4v) is 3.13. The third kappa shape index (κ3) is 2.38. The van der Waals surface area contributed by atoms with Crippen molar-refractivity contribution in [3.63, 3.8) is 0 Å². The monoisotopic (exact) mass is 285 g/mol. The molecule has 0 atom stereocenters. The lowest BCUT2D eigenvalue weighted by atomic mass is 9.92. The SMILES string of the molecule is NC1CCC(Nc2nccc3cc4c(cc23)OCO4)CC1. The molecule has 0 spiro atoms. The van der Waals surface area contributed by atoms with Crippen molar-refractivity contribution in [2.45, 2.75) is 37.8 Å². The molecule has 1 aliphatic carbocycles. The Morgan fingerprint density at radius 1 is 1.10 bits per heavy atom. The van der Waals surface area contributed by atoms with Crippen molar-refractivity contribution in [3.05, 3.63) is 24.4 Å². The van der Waals surface area contributed by atoms with Crippen LogP contribution in [0.15, 0.2) is 24.4 Å². The summed E-state index contributed by atoms with van der Waals surface area (Å²) in [4.78, 5) is 4.51. The highest BCUT2D eigenvalue weighted by Gasteiger charge is 2.20. The highest BCUT2D eigenvalue weighted by molar-refractivity contribution is 5.94. The number of pyridine rings is 1. The maximum absolute atomic E-state index is 5.97. The Morgan fingerprint density at radius 2 is 1.86 bits per heavy atom. The van der Waals surface area contributed by atoms with E-state index in [1.807, 2.05) is 24.4 Å². The molecule has 1 aromatic heterocycles. The summed E-state index contributed by atoms with van der Waals surface area (Å²) in [5.74, 6) is 2.53. The Kier molecular flexibility index (Phi) is 3.07. The van der Waals surface area contributed by atoms with Gasteiger partial charge in [-0.25, -0.2) is 4.98 Å². The molecule has 0 bridgehead atoms. The molecular weight excluding hydrogens is 266 g/mol. The van der Waals surface area contributed by atoms with Gasteiger partial charge in [-0.1, -0.05) is 0 Å². The summed E-state index contributed by atoms with van der Waals surface area (Å²) < 4.78 is 10.9. The maximum Gasteiger partial charge on any atom is 0.231 e. The normalized spacial score (nSPS) is 24.2. The number of ether oxygens (including phenoxy) is 2. The minimum Gasteiger partial charge on any atom is -0.454 e. The molecule has 1 aromatic carbocycles. The molecule has 0 unspecified atom stereocenters. The molecule has 0 saturated heterocycles. The number of nitrogens with two attached hydrogens (primary N) is 1. The van der Waals surface area contributed by atoms with E-state index in [0.717, 1.165) is 53.8 Å². The van der Waals surface area contributed by atoms with E-state index in [1.54, 1.807) is 0 Å². The molecule has 0 amide bonds. The van der Waals surface area contributed by atoms with E-state index in [9.17, 15) is 0 Å². The topological polar surface area (TPSA) is 69.4 Å². The number of nitrogens with zero attached hydrogens (tertiary/aromatic N) is 1. The van der Waals surface area contributed by atoms with Crippen LogP contribution < -0.4 is 20.5 Å². The van der Waals surface area contributed by atoms with Crippen LogP contribution in [0, 0.1) is 0 Å². The van der Waals surface area contributed by atoms with Crippen molar-refractivity contribution in [1.82, 2.24) is 4.98 Å². The quantitative estimate of drug-likeness (QED) is 0.887. The van der Waals surface area contributed by atoms with Gasteiger partial charge in [0, 0.05) is 23.7 Å². The van der Waals surface area contributed by atoms with Crippen LogP contribution in [0.3, 0.4) is 0 Å². The zero-order chi connectivity index (χ0) is 14.2. The Morgan fingerprint density at radius 3 is 2.67 bits per heavy atom. The van der Waals surface area contributed by atoms with Crippen LogP contribution in [0.4, 0.5) is 5.82 Å². The highest BCUT2D eigenvalue weighted by Crippen LogP contribution is 2.38. The number of anilines is 1. The molecule has 110 valence electrons. The average Bonchev–Trinajstić information content (AvgIpc) is 2.95. The van der Waals surface area contributed by atoms with Crippen LogP contribution in [0.25, 0.3) is 10.8 Å². The van der Waals surface area contributed by atoms with Crippen molar-refractivity contribution in [3.8, 4) is 11.5 Å².